The zero-order valence-corrected chi connectivity index (χ0v) is 18.3. The highest BCUT2D eigenvalue weighted by atomic mass is 16.4. The summed E-state index contributed by atoms with van der Waals surface area (Å²) in [5.74, 6) is -3.41. The van der Waals surface area contributed by atoms with E-state index >= 15 is 0 Å². The van der Waals surface area contributed by atoms with Crippen molar-refractivity contribution in [2.75, 3.05) is 0 Å². The lowest BCUT2D eigenvalue weighted by atomic mass is 10.0. The molecule has 0 aliphatic heterocycles. The number of phenols is 2. The molecule has 3 unspecified atom stereocenters. The number of benzene rings is 2. The molecule has 11 nitrogen and oxygen atoms in total. The lowest BCUT2D eigenvalue weighted by molar-refractivity contribution is -0.142. The van der Waals surface area contributed by atoms with Gasteiger partial charge in [0.05, 0.1) is 6.04 Å². The van der Waals surface area contributed by atoms with Gasteiger partial charge in [-0.15, -0.1) is 0 Å². The number of carbonyl (C=O) groups excluding carboxylic acids is 3. The van der Waals surface area contributed by atoms with E-state index in [1.54, 1.807) is 12.1 Å². The summed E-state index contributed by atoms with van der Waals surface area (Å²) in [6, 6.07) is 8.30. The molecule has 34 heavy (non-hydrogen) atoms. The Labute approximate surface area is 195 Å². The number of hydrogen-bond donors (Lipinski definition) is 7. The van der Waals surface area contributed by atoms with E-state index in [2.05, 4.69) is 10.6 Å². The molecule has 3 amide bonds. The predicted molar refractivity (Wildman–Crippen MR) is 122 cm³/mol. The normalized spacial score (nSPS) is 13.3. The fraction of sp³-hybridized carbons (Fsp3) is 0.304. The average molecular weight is 472 g/mol. The molecule has 182 valence electrons. The van der Waals surface area contributed by atoms with E-state index < -0.39 is 41.8 Å². The van der Waals surface area contributed by atoms with Crippen LogP contribution >= 0.6 is 0 Å². The number of aromatic hydroxyl groups is 2. The monoisotopic (exact) mass is 472 g/mol. The first kappa shape index (κ1) is 26.1. The van der Waals surface area contributed by atoms with E-state index in [4.69, 9.17) is 11.5 Å². The molecular weight excluding hydrogens is 444 g/mol. The number of carbonyl (C=O) groups is 4. The molecule has 0 saturated carbocycles. The Hall–Kier alpha value is -4.12. The van der Waals surface area contributed by atoms with Gasteiger partial charge in [0.15, 0.2) is 0 Å². The minimum atomic E-state index is -1.32. The number of amides is 3. The molecule has 0 heterocycles. The second-order valence-corrected chi connectivity index (χ2v) is 7.81. The van der Waals surface area contributed by atoms with Gasteiger partial charge >= 0.3 is 5.97 Å². The molecule has 0 aromatic heterocycles. The van der Waals surface area contributed by atoms with Crippen molar-refractivity contribution in [3.63, 3.8) is 0 Å². The van der Waals surface area contributed by atoms with Crippen LogP contribution in [0.4, 0.5) is 0 Å². The Morgan fingerprint density at radius 2 is 1.24 bits per heavy atom. The fourth-order valence-electron chi connectivity index (χ4n) is 3.15. The maximum atomic E-state index is 12.8. The number of carboxylic acids is 1. The summed E-state index contributed by atoms with van der Waals surface area (Å²) < 4.78 is 0. The van der Waals surface area contributed by atoms with Gasteiger partial charge in [-0.25, -0.2) is 4.79 Å². The fourth-order valence-corrected chi connectivity index (χ4v) is 3.15. The van der Waals surface area contributed by atoms with Crippen molar-refractivity contribution in [2.24, 2.45) is 11.5 Å². The standard InChI is InChI=1S/C23H28N4O7/c24-17(11-13-1-5-15(28)6-2-13)21(31)26-18(9-10-20(25)30)22(32)27-19(23(33)34)12-14-3-7-16(29)8-4-14/h1-8,17-19,28-29H,9-12,24H2,(H2,25,30)(H,26,31)(H,27,32)(H,33,34). The maximum absolute atomic E-state index is 12.8. The lowest BCUT2D eigenvalue weighted by Crippen LogP contribution is -2.55. The molecular formula is C23H28N4O7. The quantitative estimate of drug-likeness (QED) is 0.214. The lowest BCUT2D eigenvalue weighted by Gasteiger charge is -2.23. The van der Waals surface area contributed by atoms with Crippen LogP contribution < -0.4 is 22.1 Å². The SMILES string of the molecule is NC(=O)CCC(NC(=O)C(N)Cc1ccc(O)cc1)C(=O)NC(Cc1ccc(O)cc1)C(=O)O. The van der Waals surface area contributed by atoms with Gasteiger partial charge in [0.25, 0.3) is 0 Å². The summed E-state index contributed by atoms with van der Waals surface area (Å²) in [4.78, 5) is 48.3. The van der Waals surface area contributed by atoms with E-state index in [9.17, 15) is 34.5 Å². The van der Waals surface area contributed by atoms with Gasteiger partial charge in [-0.2, -0.15) is 0 Å². The summed E-state index contributed by atoms with van der Waals surface area (Å²) in [5, 5.41) is 33.1. The molecule has 0 spiro atoms. The number of phenolic OH excluding ortho intramolecular Hbond substituents is 2. The second-order valence-electron chi connectivity index (χ2n) is 7.81. The molecule has 0 aliphatic carbocycles. The van der Waals surface area contributed by atoms with E-state index in [1.807, 2.05) is 0 Å². The van der Waals surface area contributed by atoms with Crippen molar-refractivity contribution in [3.8, 4) is 11.5 Å². The van der Waals surface area contributed by atoms with E-state index in [1.165, 1.54) is 36.4 Å². The first-order valence-corrected chi connectivity index (χ1v) is 10.5. The number of carboxylic acid groups (broad SMARTS) is 1. The van der Waals surface area contributed by atoms with Crippen LogP contribution in [0.2, 0.25) is 0 Å². The Morgan fingerprint density at radius 3 is 1.71 bits per heavy atom. The highest BCUT2D eigenvalue weighted by Crippen LogP contribution is 2.13. The van der Waals surface area contributed by atoms with Gasteiger partial charge in [-0.1, -0.05) is 24.3 Å². The molecule has 0 bridgehead atoms. The van der Waals surface area contributed by atoms with Crippen LogP contribution in [0.25, 0.3) is 0 Å². The van der Waals surface area contributed by atoms with Crippen LogP contribution in [0, 0.1) is 0 Å². The number of rotatable bonds is 12. The number of aliphatic carboxylic acids is 1. The molecule has 2 aromatic carbocycles. The van der Waals surface area contributed by atoms with Crippen LogP contribution in [-0.2, 0) is 32.0 Å². The second kappa shape index (κ2) is 12.2. The Balaban J connectivity index is 2.07. The topological polar surface area (TPSA) is 205 Å². The summed E-state index contributed by atoms with van der Waals surface area (Å²) in [6.07, 6.45) is -0.321. The Bertz CT molecular complexity index is 1010. The summed E-state index contributed by atoms with van der Waals surface area (Å²) >= 11 is 0. The minimum Gasteiger partial charge on any atom is -0.508 e. The van der Waals surface area contributed by atoms with Crippen LogP contribution in [0.15, 0.2) is 48.5 Å². The maximum Gasteiger partial charge on any atom is 0.326 e. The van der Waals surface area contributed by atoms with Gasteiger partial charge in [-0.3, -0.25) is 14.4 Å². The summed E-state index contributed by atoms with van der Waals surface area (Å²) in [7, 11) is 0. The van der Waals surface area contributed by atoms with Crippen molar-refractivity contribution < 1.29 is 34.5 Å². The van der Waals surface area contributed by atoms with Crippen molar-refractivity contribution in [2.45, 2.75) is 43.8 Å². The summed E-state index contributed by atoms with van der Waals surface area (Å²) in [6.45, 7) is 0. The molecule has 2 rings (SSSR count). The molecule has 11 heteroatoms. The number of nitrogens with two attached hydrogens (primary N) is 2. The van der Waals surface area contributed by atoms with Crippen LogP contribution in [0.5, 0.6) is 11.5 Å². The smallest absolute Gasteiger partial charge is 0.326 e. The van der Waals surface area contributed by atoms with Crippen LogP contribution in [0.1, 0.15) is 24.0 Å². The van der Waals surface area contributed by atoms with Gasteiger partial charge in [0.2, 0.25) is 17.7 Å². The Morgan fingerprint density at radius 1 is 0.765 bits per heavy atom. The molecule has 2 aromatic rings. The zero-order chi connectivity index (χ0) is 25.3. The molecule has 0 saturated heterocycles. The zero-order valence-electron chi connectivity index (χ0n) is 18.3. The molecule has 3 atom stereocenters. The average Bonchev–Trinajstić information content (AvgIpc) is 2.78. The minimum absolute atomic E-state index is 0.0116. The third-order valence-electron chi connectivity index (χ3n) is 5.03. The first-order valence-electron chi connectivity index (χ1n) is 10.5. The van der Waals surface area contributed by atoms with Gasteiger partial charge < -0.3 is 37.4 Å². The van der Waals surface area contributed by atoms with Crippen LogP contribution in [-0.4, -0.2) is 57.1 Å². The number of primary amides is 1. The number of hydrogen-bond acceptors (Lipinski definition) is 7. The third kappa shape index (κ3) is 8.43. The molecule has 0 radical (unpaired) electrons. The molecule has 0 aliphatic rings. The van der Waals surface area contributed by atoms with Crippen molar-refractivity contribution in [1.29, 1.82) is 0 Å². The van der Waals surface area contributed by atoms with Crippen molar-refractivity contribution >= 4 is 23.7 Å². The van der Waals surface area contributed by atoms with E-state index in [0.29, 0.717) is 11.1 Å². The van der Waals surface area contributed by atoms with Gasteiger partial charge in [0, 0.05) is 12.8 Å². The highest BCUT2D eigenvalue weighted by Gasteiger charge is 2.28. The molecule has 0 fully saturated rings. The highest BCUT2D eigenvalue weighted by molar-refractivity contribution is 5.92. The van der Waals surface area contributed by atoms with Crippen molar-refractivity contribution in [1.82, 2.24) is 10.6 Å². The van der Waals surface area contributed by atoms with Gasteiger partial charge in [0.1, 0.15) is 23.6 Å². The molecule has 9 N–H and O–H groups in total. The van der Waals surface area contributed by atoms with E-state index in [0.717, 1.165) is 0 Å². The van der Waals surface area contributed by atoms with Crippen molar-refractivity contribution in [3.05, 3.63) is 59.7 Å². The van der Waals surface area contributed by atoms with Gasteiger partial charge in [-0.05, 0) is 48.2 Å². The third-order valence-corrected chi connectivity index (χ3v) is 5.03. The first-order chi connectivity index (χ1) is 16.0. The summed E-state index contributed by atoms with van der Waals surface area (Å²) in [5.41, 5.74) is 12.3. The number of nitrogens with one attached hydrogen (secondary N) is 2. The van der Waals surface area contributed by atoms with E-state index in [-0.39, 0.29) is 37.2 Å². The Kier molecular flexibility index (Phi) is 9.38. The van der Waals surface area contributed by atoms with Crippen LogP contribution in [0.3, 0.4) is 0 Å². The largest absolute Gasteiger partial charge is 0.508 e. The predicted octanol–water partition coefficient (Wildman–Crippen LogP) is -0.470.